The monoisotopic (exact) mass is 186 g/mol. The molecule has 13 heavy (non-hydrogen) atoms. The smallest absolute Gasteiger partial charge is 0.324 e. The van der Waals surface area contributed by atoms with Crippen LogP contribution in [-0.2, 0) is 9.53 Å². The predicted octanol–water partition coefficient (Wildman–Crippen LogP) is -0.158. The Morgan fingerprint density at radius 1 is 1.62 bits per heavy atom. The van der Waals surface area contributed by atoms with Gasteiger partial charge >= 0.3 is 5.97 Å². The number of piperazine rings is 1. The van der Waals surface area contributed by atoms with Gasteiger partial charge in [0, 0.05) is 25.7 Å². The minimum Gasteiger partial charge on any atom is -0.468 e. The van der Waals surface area contributed by atoms with E-state index in [0.29, 0.717) is 6.04 Å². The van der Waals surface area contributed by atoms with E-state index in [2.05, 4.69) is 28.8 Å². The van der Waals surface area contributed by atoms with Gasteiger partial charge in [-0.3, -0.25) is 9.69 Å². The highest BCUT2D eigenvalue weighted by Gasteiger charge is 2.26. The maximum absolute atomic E-state index is 11.2. The number of esters is 1. The number of carbonyl (C=O) groups is 1. The summed E-state index contributed by atoms with van der Waals surface area (Å²) in [5, 5.41) is 3.14. The number of hydrogen-bond acceptors (Lipinski definition) is 4. The molecule has 76 valence electrons. The molecule has 1 atom stereocenters. The Morgan fingerprint density at radius 3 is 2.85 bits per heavy atom. The normalized spacial score (nSPS) is 24.8. The Kier molecular flexibility index (Phi) is 3.69. The Balaban J connectivity index is 2.46. The van der Waals surface area contributed by atoms with Crippen LogP contribution in [-0.4, -0.2) is 49.7 Å². The molecular formula is C9H18N2O2. The van der Waals surface area contributed by atoms with Crippen LogP contribution in [0.5, 0.6) is 0 Å². The SMILES string of the molecule is COC(=O)C1CN(C(C)C)CCN1. The van der Waals surface area contributed by atoms with E-state index in [1.165, 1.54) is 7.11 Å². The van der Waals surface area contributed by atoms with Crippen LogP contribution in [0.4, 0.5) is 0 Å². The fourth-order valence-electron chi connectivity index (χ4n) is 1.54. The second-order valence-corrected chi connectivity index (χ2v) is 3.62. The highest BCUT2D eigenvalue weighted by molar-refractivity contribution is 5.76. The number of ether oxygens (including phenoxy) is 1. The van der Waals surface area contributed by atoms with Crippen LogP contribution >= 0.6 is 0 Å². The lowest BCUT2D eigenvalue weighted by atomic mass is 10.2. The average molecular weight is 186 g/mol. The molecule has 0 aromatic carbocycles. The summed E-state index contributed by atoms with van der Waals surface area (Å²) in [5.41, 5.74) is 0. The molecule has 1 unspecified atom stereocenters. The van der Waals surface area contributed by atoms with Gasteiger partial charge in [-0.25, -0.2) is 0 Å². The molecule has 1 aliphatic rings. The van der Waals surface area contributed by atoms with Crippen LogP contribution in [0.1, 0.15) is 13.8 Å². The largest absolute Gasteiger partial charge is 0.468 e. The number of rotatable bonds is 2. The van der Waals surface area contributed by atoms with E-state index < -0.39 is 0 Å². The third-order valence-corrected chi connectivity index (χ3v) is 2.42. The zero-order chi connectivity index (χ0) is 9.84. The minimum atomic E-state index is -0.162. The zero-order valence-corrected chi connectivity index (χ0v) is 8.54. The molecule has 1 fully saturated rings. The standard InChI is InChI=1S/C9H18N2O2/c1-7(2)11-5-4-10-8(6-11)9(12)13-3/h7-8,10H,4-6H2,1-3H3. The van der Waals surface area contributed by atoms with E-state index in [-0.39, 0.29) is 12.0 Å². The van der Waals surface area contributed by atoms with Gasteiger partial charge in [0.2, 0.25) is 0 Å². The summed E-state index contributed by atoms with van der Waals surface area (Å²) in [5.74, 6) is -0.162. The molecule has 0 saturated carbocycles. The first-order valence-corrected chi connectivity index (χ1v) is 4.70. The van der Waals surface area contributed by atoms with Crippen molar-refractivity contribution in [3.63, 3.8) is 0 Å². The van der Waals surface area contributed by atoms with Crippen LogP contribution in [0.2, 0.25) is 0 Å². The van der Waals surface area contributed by atoms with E-state index in [1.54, 1.807) is 0 Å². The molecular weight excluding hydrogens is 168 g/mol. The van der Waals surface area contributed by atoms with Crippen LogP contribution in [0.15, 0.2) is 0 Å². The van der Waals surface area contributed by atoms with Gasteiger partial charge in [-0.2, -0.15) is 0 Å². The fraction of sp³-hybridized carbons (Fsp3) is 0.889. The highest BCUT2D eigenvalue weighted by Crippen LogP contribution is 2.04. The van der Waals surface area contributed by atoms with Gasteiger partial charge in [0.15, 0.2) is 0 Å². The van der Waals surface area contributed by atoms with Crippen LogP contribution in [0.25, 0.3) is 0 Å². The van der Waals surface area contributed by atoms with Gasteiger partial charge in [0.1, 0.15) is 6.04 Å². The van der Waals surface area contributed by atoms with Crippen LogP contribution in [0, 0.1) is 0 Å². The molecule has 0 aromatic rings. The summed E-state index contributed by atoms with van der Waals surface area (Å²) in [7, 11) is 1.43. The van der Waals surface area contributed by atoms with Gasteiger partial charge in [0.05, 0.1) is 7.11 Å². The Hall–Kier alpha value is -0.610. The van der Waals surface area contributed by atoms with E-state index in [1.807, 2.05) is 0 Å². The lowest BCUT2D eigenvalue weighted by Gasteiger charge is -2.34. The topological polar surface area (TPSA) is 41.6 Å². The molecule has 0 bridgehead atoms. The Labute approximate surface area is 79.2 Å². The Morgan fingerprint density at radius 2 is 2.31 bits per heavy atom. The van der Waals surface area contributed by atoms with E-state index >= 15 is 0 Å². The molecule has 1 aliphatic heterocycles. The lowest BCUT2D eigenvalue weighted by molar-refractivity contribution is -0.144. The van der Waals surface area contributed by atoms with Crippen molar-refractivity contribution >= 4 is 5.97 Å². The molecule has 0 aliphatic carbocycles. The van der Waals surface area contributed by atoms with Gasteiger partial charge in [-0.1, -0.05) is 0 Å². The summed E-state index contributed by atoms with van der Waals surface area (Å²) in [6, 6.07) is 0.343. The number of hydrogen-bond donors (Lipinski definition) is 1. The van der Waals surface area contributed by atoms with Crippen molar-refractivity contribution < 1.29 is 9.53 Å². The molecule has 1 N–H and O–H groups in total. The van der Waals surface area contributed by atoms with Gasteiger partial charge in [-0.05, 0) is 13.8 Å². The maximum Gasteiger partial charge on any atom is 0.324 e. The molecule has 0 amide bonds. The lowest BCUT2D eigenvalue weighted by Crippen LogP contribution is -2.56. The summed E-state index contributed by atoms with van der Waals surface area (Å²) in [6.07, 6.45) is 0. The average Bonchev–Trinajstić information content (AvgIpc) is 2.17. The van der Waals surface area contributed by atoms with E-state index in [9.17, 15) is 4.79 Å². The number of carbonyl (C=O) groups excluding carboxylic acids is 1. The molecule has 0 radical (unpaired) electrons. The second-order valence-electron chi connectivity index (χ2n) is 3.62. The molecule has 4 heteroatoms. The van der Waals surface area contributed by atoms with Crippen molar-refractivity contribution in [3.05, 3.63) is 0 Å². The van der Waals surface area contributed by atoms with Crippen molar-refractivity contribution in [1.82, 2.24) is 10.2 Å². The molecule has 0 spiro atoms. The maximum atomic E-state index is 11.2. The summed E-state index contributed by atoms with van der Waals surface area (Å²) in [6.45, 7) is 6.90. The minimum absolute atomic E-state index is 0.152. The van der Waals surface area contributed by atoms with E-state index in [4.69, 9.17) is 0 Å². The molecule has 4 nitrogen and oxygen atoms in total. The molecule has 1 rings (SSSR count). The van der Waals surface area contributed by atoms with Crippen molar-refractivity contribution in [2.24, 2.45) is 0 Å². The van der Waals surface area contributed by atoms with Gasteiger partial charge < -0.3 is 10.1 Å². The molecule has 1 saturated heterocycles. The third-order valence-electron chi connectivity index (χ3n) is 2.42. The molecule has 0 aromatic heterocycles. The van der Waals surface area contributed by atoms with Crippen LogP contribution in [0.3, 0.4) is 0 Å². The summed E-state index contributed by atoms with van der Waals surface area (Å²) < 4.78 is 4.69. The quantitative estimate of drug-likeness (QED) is 0.609. The predicted molar refractivity (Wildman–Crippen MR) is 50.5 cm³/mol. The van der Waals surface area contributed by atoms with Crippen molar-refractivity contribution in [1.29, 1.82) is 0 Å². The first-order chi connectivity index (χ1) is 6.15. The summed E-state index contributed by atoms with van der Waals surface area (Å²) in [4.78, 5) is 13.5. The second kappa shape index (κ2) is 4.58. The number of methoxy groups -OCH3 is 1. The Bertz CT molecular complexity index is 182. The van der Waals surface area contributed by atoms with Gasteiger partial charge in [-0.15, -0.1) is 0 Å². The third kappa shape index (κ3) is 2.67. The van der Waals surface area contributed by atoms with Crippen molar-refractivity contribution in [2.75, 3.05) is 26.7 Å². The highest BCUT2D eigenvalue weighted by atomic mass is 16.5. The molecule has 1 heterocycles. The zero-order valence-electron chi connectivity index (χ0n) is 8.54. The number of nitrogens with one attached hydrogen (secondary N) is 1. The van der Waals surface area contributed by atoms with Crippen LogP contribution < -0.4 is 5.32 Å². The van der Waals surface area contributed by atoms with Gasteiger partial charge in [0.25, 0.3) is 0 Å². The number of nitrogens with zero attached hydrogens (tertiary/aromatic N) is 1. The summed E-state index contributed by atoms with van der Waals surface area (Å²) >= 11 is 0. The van der Waals surface area contributed by atoms with Crippen molar-refractivity contribution in [3.8, 4) is 0 Å². The first kappa shape index (κ1) is 10.5. The first-order valence-electron chi connectivity index (χ1n) is 4.70. The van der Waals surface area contributed by atoms with E-state index in [0.717, 1.165) is 19.6 Å². The fourth-order valence-corrected chi connectivity index (χ4v) is 1.54. The van der Waals surface area contributed by atoms with Crippen molar-refractivity contribution in [2.45, 2.75) is 25.9 Å².